The number of carbonyl (C=O) groups is 1. The minimum atomic E-state index is -0.0369. The third kappa shape index (κ3) is 2.87. The summed E-state index contributed by atoms with van der Waals surface area (Å²) in [5, 5.41) is 4.27. The first-order valence-corrected chi connectivity index (χ1v) is 8.31. The number of likely N-dealkylation sites (tertiary alicyclic amines) is 1. The number of nitrogens with zero attached hydrogens (tertiary/aromatic N) is 5. The lowest BCUT2D eigenvalue weighted by atomic mass is 10.0. The van der Waals surface area contributed by atoms with E-state index in [1.165, 1.54) is 0 Å². The van der Waals surface area contributed by atoms with Crippen molar-refractivity contribution >= 4 is 16.9 Å². The van der Waals surface area contributed by atoms with Crippen LogP contribution in [0, 0.1) is 0 Å². The molecule has 0 radical (unpaired) electrons. The Hall–Kier alpha value is -2.76. The summed E-state index contributed by atoms with van der Waals surface area (Å²) in [5.41, 5.74) is 1.98. The maximum Gasteiger partial charge on any atom is 0.274 e. The van der Waals surface area contributed by atoms with E-state index in [-0.39, 0.29) is 11.9 Å². The zero-order valence-corrected chi connectivity index (χ0v) is 13.4. The van der Waals surface area contributed by atoms with Crippen molar-refractivity contribution in [2.75, 3.05) is 6.54 Å². The van der Waals surface area contributed by atoms with E-state index in [1.54, 1.807) is 12.4 Å². The van der Waals surface area contributed by atoms with Gasteiger partial charge in [0.2, 0.25) is 0 Å². The molecule has 3 aromatic rings. The maximum atomic E-state index is 13.0. The van der Waals surface area contributed by atoms with E-state index in [0.717, 1.165) is 43.4 Å². The number of benzene rings is 1. The van der Waals surface area contributed by atoms with Crippen molar-refractivity contribution in [3.8, 4) is 0 Å². The molecule has 4 rings (SSSR count). The number of carbonyl (C=O) groups excluding carboxylic acids is 1. The van der Waals surface area contributed by atoms with Gasteiger partial charge in [0.05, 0.1) is 29.8 Å². The van der Waals surface area contributed by atoms with E-state index in [9.17, 15) is 4.79 Å². The fourth-order valence-electron chi connectivity index (χ4n) is 3.29. The van der Waals surface area contributed by atoms with E-state index in [4.69, 9.17) is 0 Å². The van der Waals surface area contributed by atoms with E-state index < -0.39 is 0 Å². The van der Waals surface area contributed by atoms with Crippen molar-refractivity contribution in [2.45, 2.75) is 31.8 Å². The molecule has 1 saturated heterocycles. The molecular weight excluding hydrogens is 302 g/mol. The molecule has 122 valence electrons. The van der Waals surface area contributed by atoms with Crippen LogP contribution in [0.1, 0.15) is 29.8 Å². The van der Waals surface area contributed by atoms with Gasteiger partial charge in [-0.3, -0.25) is 14.5 Å². The molecule has 1 fully saturated rings. The number of para-hydroxylation sites is 2. The molecule has 1 aliphatic heterocycles. The second-order valence-electron chi connectivity index (χ2n) is 6.12. The van der Waals surface area contributed by atoms with Crippen LogP contribution in [0.5, 0.6) is 0 Å². The summed E-state index contributed by atoms with van der Waals surface area (Å²) in [6, 6.07) is 9.67. The van der Waals surface area contributed by atoms with Gasteiger partial charge < -0.3 is 4.90 Å². The Morgan fingerprint density at radius 1 is 1.17 bits per heavy atom. The van der Waals surface area contributed by atoms with E-state index in [1.807, 2.05) is 46.1 Å². The Morgan fingerprint density at radius 3 is 2.88 bits per heavy atom. The second-order valence-corrected chi connectivity index (χ2v) is 6.12. The number of fused-ring (bicyclic) bond motifs is 1. The average Bonchev–Trinajstić information content (AvgIpc) is 3.14. The summed E-state index contributed by atoms with van der Waals surface area (Å²) in [7, 11) is 0. The molecule has 0 saturated carbocycles. The Morgan fingerprint density at radius 2 is 2.04 bits per heavy atom. The summed E-state index contributed by atoms with van der Waals surface area (Å²) in [5.74, 6) is -0.0369. The quantitative estimate of drug-likeness (QED) is 0.743. The molecule has 2 aromatic heterocycles. The van der Waals surface area contributed by atoms with Crippen molar-refractivity contribution in [3.05, 3.63) is 54.6 Å². The van der Waals surface area contributed by atoms with Crippen LogP contribution >= 0.6 is 0 Å². The molecule has 1 atom stereocenters. The predicted molar refractivity (Wildman–Crippen MR) is 90.4 cm³/mol. The number of aromatic nitrogens is 4. The lowest BCUT2D eigenvalue weighted by molar-refractivity contribution is 0.0578. The van der Waals surface area contributed by atoms with Crippen molar-refractivity contribution < 1.29 is 4.79 Å². The summed E-state index contributed by atoms with van der Waals surface area (Å²) in [6.07, 6.45) is 8.45. The summed E-state index contributed by atoms with van der Waals surface area (Å²) >= 11 is 0. The first-order chi connectivity index (χ1) is 11.8. The number of amides is 1. The molecule has 0 spiro atoms. The molecule has 0 aliphatic carbocycles. The molecule has 6 nitrogen and oxygen atoms in total. The van der Waals surface area contributed by atoms with Crippen LogP contribution in [0.2, 0.25) is 0 Å². The molecule has 1 aliphatic rings. The van der Waals surface area contributed by atoms with Gasteiger partial charge in [0, 0.05) is 18.9 Å². The van der Waals surface area contributed by atoms with Gasteiger partial charge in [0.25, 0.3) is 5.91 Å². The Kier molecular flexibility index (Phi) is 3.94. The smallest absolute Gasteiger partial charge is 0.274 e. The molecule has 0 bridgehead atoms. The van der Waals surface area contributed by atoms with Gasteiger partial charge in [0.15, 0.2) is 0 Å². The first-order valence-electron chi connectivity index (χ1n) is 8.31. The van der Waals surface area contributed by atoms with Gasteiger partial charge in [-0.2, -0.15) is 5.10 Å². The first kappa shape index (κ1) is 14.8. The maximum absolute atomic E-state index is 13.0. The van der Waals surface area contributed by atoms with E-state index in [2.05, 4.69) is 15.1 Å². The number of hydrogen-bond acceptors (Lipinski definition) is 4. The molecule has 1 aromatic carbocycles. The van der Waals surface area contributed by atoms with Crippen LogP contribution in [-0.4, -0.2) is 43.1 Å². The highest BCUT2D eigenvalue weighted by molar-refractivity contribution is 5.94. The Balaban J connectivity index is 1.60. The van der Waals surface area contributed by atoms with Crippen LogP contribution in [-0.2, 0) is 6.54 Å². The third-order valence-electron chi connectivity index (χ3n) is 4.51. The van der Waals surface area contributed by atoms with Crippen LogP contribution in [0.3, 0.4) is 0 Å². The molecule has 6 heteroatoms. The van der Waals surface area contributed by atoms with Gasteiger partial charge in [-0.25, -0.2) is 4.98 Å². The number of rotatable bonds is 3. The zero-order chi connectivity index (χ0) is 16.4. The number of piperidine rings is 1. The Bertz CT molecular complexity index is 846. The largest absolute Gasteiger partial charge is 0.332 e. The van der Waals surface area contributed by atoms with Gasteiger partial charge in [-0.15, -0.1) is 0 Å². The van der Waals surface area contributed by atoms with Crippen molar-refractivity contribution in [3.63, 3.8) is 0 Å². The van der Waals surface area contributed by atoms with Gasteiger partial charge in [0.1, 0.15) is 5.69 Å². The minimum absolute atomic E-state index is 0.0369. The molecule has 3 heterocycles. The summed E-state index contributed by atoms with van der Waals surface area (Å²) in [6.45, 7) is 1.49. The molecule has 1 unspecified atom stereocenters. The molecule has 24 heavy (non-hydrogen) atoms. The van der Waals surface area contributed by atoms with Crippen molar-refractivity contribution in [1.29, 1.82) is 0 Å². The Labute approximate surface area is 140 Å². The van der Waals surface area contributed by atoms with Crippen molar-refractivity contribution in [1.82, 2.24) is 24.6 Å². The third-order valence-corrected chi connectivity index (χ3v) is 4.51. The van der Waals surface area contributed by atoms with Gasteiger partial charge >= 0.3 is 0 Å². The minimum Gasteiger partial charge on any atom is -0.332 e. The van der Waals surface area contributed by atoms with Gasteiger partial charge in [-0.05, 0) is 37.5 Å². The van der Waals surface area contributed by atoms with E-state index >= 15 is 0 Å². The van der Waals surface area contributed by atoms with Crippen molar-refractivity contribution in [2.24, 2.45) is 0 Å². The average molecular weight is 321 g/mol. The van der Waals surface area contributed by atoms with Gasteiger partial charge in [-0.1, -0.05) is 12.1 Å². The summed E-state index contributed by atoms with van der Waals surface area (Å²) in [4.78, 5) is 23.8. The van der Waals surface area contributed by atoms with Crippen LogP contribution < -0.4 is 0 Å². The monoisotopic (exact) mass is 321 g/mol. The molecule has 1 amide bonds. The topological polar surface area (TPSA) is 63.9 Å². The lowest BCUT2D eigenvalue weighted by Crippen LogP contribution is -2.46. The van der Waals surface area contributed by atoms with E-state index in [0.29, 0.717) is 5.69 Å². The fourth-order valence-corrected chi connectivity index (χ4v) is 3.29. The molecule has 0 N–H and O–H groups in total. The van der Waals surface area contributed by atoms with Crippen LogP contribution in [0.15, 0.2) is 48.9 Å². The number of hydrogen-bond donors (Lipinski definition) is 0. The molecular formula is C18H19N5O. The fraction of sp³-hybridized carbons (Fsp3) is 0.333. The highest BCUT2D eigenvalue weighted by atomic mass is 16.2. The second kappa shape index (κ2) is 6.39. The predicted octanol–water partition coefficient (Wildman–Crippen LogP) is 2.52. The van der Waals surface area contributed by atoms with Crippen LogP contribution in [0.25, 0.3) is 11.0 Å². The summed E-state index contributed by atoms with van der Waals surface area (Å²) < 4.78 is 1.89. The highest BCUT2D eigenvalue weighted by Gasteiger charge is 2.28. The zero-order valence-electron chi connectivity index (χ0n) is 13.4. The lowest BCUT2D eigenvalue weighted by Gasteiger charge is -2.35. The SMILES string of the molecule is O=C(c1cnc2ccccc2n1)N1CCCCC1Cn1cccn1. The highest BCUT2D eigenvalue weighted by Crippen LogP contribution is 2.21. The van der Waals surface area contributed by atoms with Crippen LogP contribution in [0.4, 0.5) is 0 Å². The standard InChI is InChI=1S/C18H19N5O/c24-18(17-12-19-15-7-1-2-8-16(15)21-17)23-11-4-3-6-14(23)13-22-10-5-9-20-22/h1-2,5,7-10,12,14H,3-4,6,11,13H2. The normalized spacial score (nSPS) is 18.0.